The lowest BCUT2D eigenvalue weighted by molar-refractivity contribution is 0.700. The minimum atomic E-state index is 0.694. The number of thiophene rings is 1. The zero-order valence-electron chi connectivity index (χ0n) is 10.5. The summed E-state index contributed by atoms with van der Waals surface area (Å²) in [4.78, 5) is 3.01. The van der Waals surface area contributed by atoms with E-state index in [1.165, 1.54) is 24.1 Å². The fourth-order valence-electron chi connectivity index (χ4n) is 2.52. The maximum absolute atomic E-state index is 5.99. The van der Waals surface area contributed by atoms with Gasteiger partial charge in [-0.2, -0.15) is 0 Å². The minimum Gasteiger partial charge on any atom is -0.308 e. The molecule has 19 heavy (non-hydrogen) atoms. The number of halogens is 2. The number of nitrogens with one attached hydrogen (secondary N) is 1. The van der Waals surface area contributed by atoms with E-state index in [-0.39, 0.29) is 0 Å². The zero-order valence-corrected chi connectivity index (χ0v) is 12.8. The largest absolute Gasteiger partial charge is 0.308 e. The number of benzene rings is 1. The van der Waals surface area contributed by atoms with E-state index in [4.69, 9.17) is 23.2 Å². The smallest absolute Gasteiger partial charge is 0.0424 e. The van der Waals surface area contributed by atoms with Gasteiger partial charge in [-0.05, 0) is 54.7 Å². The van der Waals surface area contributed by atoms with Crippen molar-refractivity contribution in [1.82, 2.24) is 5.32 Å². The van der Waals surface area contributed by atoms with E-state index < -0.39 is 0 Å². The molecule has 100 valence electrons. The van der Waals surface area contributed by atoms with E-state index in [1.807, 2.05) is 23.5 Å². The fourth-order valence-corrected chi connectivity index (χ4v) is 4.32. The van der Waals surface area contributed by atoms with Gasteiger partial charge in [0.1, 0.15) is 0 Å². The van der Waals surface area contributed by atoms with Gasteiger partial charge in [0.25, 0.3) is 0 Å². The van der Waals surface area contributed by atoms with Crippen molar-refractivity contribution >= 4 is 34.5 Å². The second-order valence-electron chi connectivity index (χ2n) is 4.90. The van der Waals surface area contributed by atoms with Crippen molar-refractivity contribution in [1.29, 1.82) is 0 Å². The summed E-state index contributed by atoms with van der Waals surface area (Å²) in [6.45, 7) is 1.71. The molecule has 0 spiro atoms. The van der Waals surface area contributed by atoms with Crippen LogP contribution < -0.4 is 5.32 Å². The quantitative estimate of drug-likeness (QED) is 0.852. The third kappa shape index (κ3) is 3.32. The lowest BCUT2D eigenvalue weighted by Gasteiger charge is -2.05. The molecule has 0 saturated heterocycles. The van der Waals surface area contributed by atoms with Crippen LogP contribution in [0.1, 0.15) is 27.3 Å². The molecule has 0 amide bonds. The highest BCUT2D eigenvalue weighted by molar-refractivity contribution is 7.12. The normalized spacial score (nSPS) is 13.8. The maximum atomic E-state index is 5.99. The second-order valence-corrected chi connectivity index (χ2v) is 6.99. The van der Waals surface area contributed by atoms with E-state index in [9.17, 15) is 0 Å². The summed E-state index contributed by atoms with van der Waals surface area (Å²) in [6.07, 6.45) is 3.86. The highest BCUT2D eigenvalue weighted by Crippen LogP contribution is 2.30. The standard InChI is InChI=1S/C15H15Cl2NS/c16-12-4-10(5-13(17)7-12)8-18-9-14-6-11-2-1-3-15(11)19-14/h4-7,18H,1-3,8-9H2. The number of hydrogen-bond acceptors (Lipinski definition) is 2. The third-order valence-electron chi connectivity index (χ3n) is 3.35. The Bertz CT molecular complexity index is 550. The molecule has 1 aromatic carbocycles. The van der Waals surface area contributed by atoms with Crippen molar-refractivity contribution in [2.45, 2.75) is 32.4 Å². The van der Waals surface area contributed by atoms with Crippen LogP contribution in [-0.4, -0.2) is 0 Å². The van der Waals surface area contributed by atoms with Crippen LogP contribution in [0.3, 0.4) is 0 Å². The summed E-state index contributed by atoms with van der Waals surface area (Å²) < 4.78 is 0. The first-order valence-corrected chi connectivity index (χ1v) is 8.04. The molecule has 1 nitrogen and oxygen atoms in total. The van der Waals surface area contributed by atoms with Crippen molar-refractivity contribution in [2.75, 3.05) is 0 Å². The Morgan fingerprint density at radius 3 is 2.53 bits per heavy atom. The van der Waals surface area contributed by atoms with Crippen molar-refractivity contribution in [2.24, 2.45) is 0 Å². The number of aryl methyl sites for hydroxylation is 2. The van der Waals surface area contributed by atoms with E-state index in [0.717, 1.165) is 18.7 Å². The predicted octanol–water partition coefficient (Wildman–Crippen LogP) is 4.83. The van der Waals surface area contributed by atoms with Gasteiger partial charge in [-0.15, -0.1) is 11.3 Å². The highest BCUT2D eigenvalue weighted by atomic mass is 35.5. The molecule has 1 aromatic heterocycles. The van der Waals surface area contributed by atoms with Crippen LogP contribution in [0.15, 0.2) is 24.3 Å². The lowest BCUT2D eigenvalue weighted by Crippen LogP contribution is -2.11. The second kappa shape index (κ2) is 5.84. The molecule has 2 aromatic rings. The Kier molecular flexibility index (Phi) is 4.13. The molecular weight excluding hydrogens is 297 g/mol. The molecule has 0 fully saturated rings. The molecule has 0 aliphatic heterocycles. The van der Waals surface area contributed by atoms with Crippen LogP contribution in [0.5, 0.6) is 0 Å². The Balaban J connectivity index is 1.57. The Morgan fingerprint density at radius 1 is 1.00 bits per heavy atom. The van der Waals surface area contributed by atoms with Crippen LogP contribution in [0.4, 0.5) is 0 Å². The van der Waals surface area contributed by atoms with E-state index in [2.05, 4.69) is 11.4 Å². The van der Waals surface area contributed by atoms with Gasteiger partial charge in [0.05, 0.1) is 0 Å². The van der Waals surface area contributed by atoms with Crippen molar-refractivity contribution in [3.8, 4) is 0 Å². The topological polar surface area (TPSA) is 12.0 Å². The van der Waals surface area contributed by atoms with Gasteiger partial charge >= 0.3 is 0 Å². The van der Waals surface area contributed by atoms with Crippen molar-refractivity contribution in [3.05, 3.63) is 55.2 Å². The molecule has 1 aliphatic rings. The van der Waals surface area contributed by atoms with E-state index in [1.54, 1.807) is 16.5 Å². The highest BCUT2D eigenvalue weighted by Gasteiger charge is 2.14. The molecule has 4 heteroatoms. The van der Waals surface area contributed by atoms with Gasteiger partial charge in [0.2, 0.25) is 0 Å². The zero-order chi connectivity index (χ0) is 13.2. The minimum absolute atomic E-state index is 0.694. The summed E-state index contributed by atoms with van der Waals surface area (Å²) in [5.41, 5.74) is 2.69. The van der Waals surface area contributed by atoms with Gasteiger partial charge in [0, 0.05) is 32.9 Å². The predicted molar refractivity (Wildman–Crippen MR) is 83.3 cm³/mol. The summed E-state index contributed by atoms with van der Waals surface area (Å²) in [6, 6.07) is 8.02. The Labute approximate surface area is 127 Å². The van der Waals surface area contributed by atoms with Gasteiger partial charge in [-0.3, -0.25) is 0 Å². The van der Waals surface area contributed by atoms with Crippen LogP contribution in [0, 0.1) is 0 Å². The van der Waals surface area contributed by atoms with E-state index in [0.29, 0.717) is 10.0 Å². The lowest BCUT2D eigenvalue weighted by atomic mass is 10.2. The number of fused-ring (bicyclic) bond motifs is 1. The summed E-state index contributed by atoms with van der Waals surface area (Å²) in [5.74, 6) is 0. The summed E-state index contributed by atoms with van der Waals surface area (Å²) in [7, 11) is 0. The first-order chi connectivity index (χ1) is 9.20. The molecule has 1 heterocycles. The molecule has 0 radical (unpaired) electrons. The molecule has 0 atom stereocenters. The number of hydrogen-bond donors (Lipinski definition) is 1. The molecule has 0 unspecified atom stereocenters. The third-order valence-corrected chi connectivity index (χ3v) is 5.02. The Morgan fingerprint density at radius 2 is 1.79 bits per heavy atom. The molecule has 3 rings (SSSR count). The first kappa shape index (κ1) is 13.4. The molecule has 1 N–H and O–H groups in total. The van der Waals surface area contributed by atoms with Gasteiger partial charge in [0.15, 0.2) is 0 Å². The fraction of sp³-hybridized carbons (Fsp3) is 0.333. The Hall–Kier alpha value is -0.540. The SMILES string of the molecule is Clc1cc(Cl)cc(CNCc2cc3c(s2)CCC3)c1. The van der Waals surface area contributed by atoms with Crippen LogP contribution in [0.25, 0.3) is 0 Å². The van der Waals surface area contributed by atoms with Crippen LogP contribution >= 0.6 is 34.5 Å². The summed E-state index contributed by atoms with van der Waals surface area (Å²) >= 11 is 13.9. The monoisotopic (exact) mass is 311 g/mol. The average molecular weight is 312 g/mol. The molecule has 0 bridgehead atoms. The maximum Gasteiger partial charge on any atom is 0.0424 e. The average Bonchev–Trinajstić information content (AvgIpc) is 2.88. The van der Waals surface area contributed by atoms with Gasteiger partial charge in [-0.1, -0.05) is 23.2 Å². The summed E-state index contributed by atoms with van der Waals surface area (Å²) in [5, 5.41) is 4.84. The van der Waals surface area contributed by atoms with Crippen molar-refractivity contribution < 1.29 is 0 Å². The first-order valence-electron chi connectivity index (χ1n) is 6.47. The van der Waals surface area contributed by atoms with Crippen LogP contribution in [-0.2, 0) is 25.9 Å². The van der Waals surface area contributed by atoms with Gasteiger partial charge < -0.3 is 5.32 Å². The molecular formula is C15H15Cl2NS. The number of rotatable bonds is 4. The van der Waals surface area contributed by atoms with Gasteiger partial charge in [-0.25, -0.2) is 0 Å². The molecule has 0 saturated carbocycles. The molecule has 1 aliphatic carbocycles. The van der Waals surface area contributed by atoms with Crippen LogP contribution in [0.2, 0.25) is 10.0 Å². The van der Waals surface area contributed by atoms with Crippen molar-refractivity contribution in [3.63, 3.8) is 0 Å². The van der Waals surface area contributed by atoms with E-state index >= 15 is 0 Å².